The second kappa shape index (κ2) is 8.78. The van der Waals surface area contributed by atoms with Gasteiger partial charge in [-0.15, -0.1) is 0 Å². The molecule has 1 aromatic rings. The van der Waals surface area contributed by atoms with Crippen LogP contribution in [-0.2, 0) is 9.84 Å². The Bertz CT molecular complexity index is 606. The molecule has 1 N–H and O–H groups in total. The van der Waals surface area contributed by atoms with Crippen LogP contribution in [0, 0.1) is 5.82 Å². The first-order valence-electron chi connectivity index (χ1n) is 8.40. The van der Waals surface area contributed by atoms with Crippen molar-refractivity contribution in [1.29, 1.82) is 0 Å². The van der Waals surface area contributed by atoms with E-state index in [0.29, 0.717) is 18.7 Å². The Morgan fingerprint density at radius 1 is 1.38 bits per heavy atom. The van der Waals surface area contributed by atoms with Crippen LogP contribution in [0.5, 0.6) is 5.75 Å². The monoisotopic (exact) mass is 359 g/mol. The Morgan fingerprint density at radius 2 is 2.08 bits per heavy atom. The highest BCUT2D eigenvalue weighted by atomic mass is 32.2. The highest BCUT2D eigenvalue weighted by Gasteiger charge is 2.32. The first-order chi connectivity index (χ1) is 11.4. The zero-order valence-electron chi connectivity index (χ0n) is 14.0. The van der Waals surface area contributed by atoms with Gasteiger partial charge < -0.3 is 9.84 Å². The van der Waals surface area contributed by atoms with Crippen molar-refractivity contribution in [2.75, 3.05) is 31.2 Å². The van der Waals surface area contributed by atoms with E-state index in [-0.39, 0.29) is 30.0 Å². The van der Waals surface area contributed by atoms with E-state index in [1.165, 1.54) is 24.3 Å². The summed E-state index contributed by atoms with van der Waals surface area (Å²) in [5.74, 6) is 0.556. The van der Waals surface area contributed by atoms with Gasteiger partial charge in [0.2, 0.25) is 0 Å². The van der Waals surface area contributed by atoms with Crippen LogP contribution in [0.15, 0.2) is 24.3 Å². The van der Waals surface area contributed by atoms with Crippen molar-refractivity contribution < 1.29 is 22.7 Å². The third-order valence-electron chi connectivity index (χ3n) is 4.22. The number of aliphatic hydroxyl groups excluding tert-OH is 1. The lowest BCUT2D eigenvalue weighted by Crippen LogP contribution is -2.43. The fourth-order valence-electron chi connectivity index (χ4n) is 2.89. The maximum absolute atomic E-state index is 12.9. The average Bonchev–Trinajstić information content (AvgIpc) is 2.91. The maximum Gasteiger partial charge on any atom is 0.151 e. The van der Waals surface area contributed by atoms with Crippen LogP contribution >= 0.6 is 0 Å². The topological polar surface area (TPSA) is 66.8 Å². The van der Waals surface area contributed by atoms with Crippen LogP contribution in [0.1, 0.15) is 26.2 Å². The van der Waals surface area contributed by atoms with Crippen molar-refractivity contribution in [3.05, 3.63) is 30.1 Å². The second-order valence-corrected chi connectivity index (χ2v) is 8.55. The Morgan fingerprint density at radius 3 is 2.67 bits per heavy atom. The van der Waals surface area contributed by atoms with Gasteiger partial charge in [0.15, 0.2) is 9.84 Å². The van der Waals surface area contributed by atoms with E-state index in [4.69, 9.17) is 4.74 Å². The van der Waals surface area contributed by atoms with Crippen molar-refractivity contribution in [1.82, 2.24) is 4.90 Å². The number of hydrogen-bond acceptors (Lipinski definition) is 5. The SMILES string of the molecule is CCCCN(CC(O)COc1ccc(F)cc1)C1CCS(=O)(=O)C1. The molecule has 0 amide bonds. The number of unbranched alkanes of at least 4 members (excludes halogenated alkanes) is 1. The molecular formula is C17H26FNO4S. The first kappa shape index (κ1) is 19.1. The van der Waals surface area contributed by atoms with E-state index in [2.05, 4.69) is 11.8 Å². The Balaban J connectivity index is 1.86. The number of halogens is 1. The predicted molar refractivity (Wildman–Crippen MR) is 91.4 cm³/mol. The largest absolute Gasteiger partial charge is 0.491 e. The minimum atomic E-state index is -2.95. The molecule has 2 unspecified atom stereocenters. The highest BCUT2D eigenvalue weighted by molar-refractivity contribution is 7.91. The number of hydrogen-bond donors (Lipinski definition) is 1. The van der Waals surface area contributed by atoms with Crippen molar-refractivity contribution in [3.8, 4) is 5.75 Å². The Labute approximate surface area is 143 Å². The van der Waals surface area contributed by atoms with E-state index in [0.717, 1.165) is 19.4 Å². The normalized spacial score (nSPS) is 21.1. The minimum Gasteiger partial charge on any atom is -0.491 e. The van der Waals surface area contributed by atoms with Crippen molar-refractivity contribution in [2.24, 2.45) is 0 Å². The van der Waals surface area contributed by atoms with Crippen LogP contribution < -0.4 is 4.74 Å². The molecule has 0 aliphatic carbocycles. The summed E-state index contributed by atoms with van der Waals surface area (Å²) in [6.45, 7) is 3.32. The summed E-state index contributed by atoms with van der Waals surface area (Å²) in [7, 11) is -2.95. The van der Waals surface area contributed by atoms with E-state index >= 15 is 0 Å². The number of benzene rings is 1. The minimum absolute atomic E-state index is 0.0259. The molecule has 5 nitrogen and oxygen atoms in total. The average molecular weight is 359 g/mol. The molecular weight excluding hydrogens is 333 g/mol. The molecule has 1 aliphatic rings. The van der Waals surface area contributed by atoms with Crippen LogP contribution in [0.4, 0.5) is 4.39 Å². The summed E-state index contributed by atoms with van der Waals surface area (Å²) in [5, 5.41) is 10.2. The van der Waals surface area contributed by atoms with Gasteiger partial charge in [0.25, 0.3) is 0 Å². The van der Waals surface area contributed by atoms with E-state index in [1.54, 1.807) is 0 Å². The molecule has 7 heteroatoms. The number of ether oxygens (including phenoxy) is 1. The lowest BCUT2D eigenvalue weighted by molar-refractivity contribution is 0.0552. The fraction of sp³-hybridized carbons (Fsp3) is 0.647. The fourth-order valence-corrected chi connectivity index (χ4v) is 4.66. The summed E-state index contributed by atoms with van der Waals surface area (Å²) in [5.41, 5.74) is 0. The van der Waals surface area contributed by atoms with Gasteiger partial charge >= 0.3 is 0 Å². The molecule has 0 saturated carbocycles. The quantitative estimate of drug-likeness (QED) is 0.729. The van der Waals surface area contributed by atoms with Gasteiger partial charge in [-0.05, 0) is 43.7 Å². The summed E-state index contributed by atoms with van der Waals surface area (Å²) in [4.78, 5) is 2.06. The van der Waals surface area contributed by atoms with Gasteiger partial charge in [-0.3, -0.25) is 4.90 Å². The van der Waals surface area contributed by atoms with E-state index in [1.807, 2.05) is 0 Å². The lowest BCUT2D eigenvalue weighted by atomic mass is 10.1. The number of sulfone groups is 1. The summed E-state index contributed by atoms with van der Waals surface area (Å²) >= 11 is 0. The van der Waals surface area contributed by atoms with Crippen LogP contribution in [0.3, 0.4) is 0 Å². The molecule has 1 fully saturated rings. The number of nitrogens with zero attached hydrogens (tertiary/aromatic N) is 1. The van der Waals surface area contributed by atoms with Crippen LogP contribution in [0.2, 0.25) is 0 Å². The molecule has 136 valence electrons. The van der Waals surface area contributed by atoms with Gasteiger partial charge in [0.05, 0.1) is 11.5 Å². The molecule has 0 radical (unpaired) electrons. The molecule has 1 aliphatic heterocycles. The summed E-state index contributed by atoms with van der Waals surface area (Å²) in [6, 6.07) is 5.61. The maximum atomic E-state index is 12.9. The smallest absolute Gasteiger partial charge is 0.151 e. The zero-order valence-corrected chi connectivity index (χ0v) is 14.8. The second-order valence-electron chi connectivity index (χ2n) is 6.32. The lowest BCUT2D eigenvalue weighted by Gasteiger charge is -2.30. The third kappa shape index (κ3) is 6.03. The molecule has 1 saturated heterocycles. The third-order valence-corrected chi connectivity index (χ3v) is 5.98. The predicted octanol–water partition coefficient (Wildman–Crippen LogP) is 1.85. The molecule has 1 heterocycles. The molecule has 0 bridgehead atoms. The molecule has 1 aromatic carbocycles. The Kier molecular flexibility index (Phi) is 7.01. The van der Waals surface area contributed by atoms with Crippen molar-refractivity contribution in [2.45, 2.75) is 38.3 Å². The molecule has 0 spiro atoms. The standard InChI is InChI=1S/C17H26FNO4S/c1-2-3-9-19(15-8-10-24(21,22)13-15)11-16(20)12-23-17-6-4-14(18)5-7-17/h4-7,15-16,20H,2-3,8-13H2,1H3. The van der Waals surface area contributed by atoms with E-state index < -0.39 is 15.9 Å². The van der Waals surface area contributed by atoms with Gasteiger partial charge in [0, 0.05) is 12.6 Å². The molecule has 2 atom stereocenters. The molecule has 2 rings (SSSR count). The van der Waals surface area contributed by atoms with Crippen LogP contribution in [0.25, 0.3) is 0 Å². The van der Waals surface area contributed by atoms with Gasteiger partial charge in [-0.25, -0.2) is 12.8 Å². The number of aliphatic hydroxyl groups is 1. The Hall–Kier alpha value is -1.18. The van der Waals surface area contributed by atoms with Gasteiger partial charge in [-0.1, -0.05) is 13.3 Å². The van der Waals surface area contributed by atoms with Crippen molar-refractivity contribution in [3.63, 3.8) is 0 Å². The molecule has 24 heavy (non-hydrogen) atoms. The molecule has 0 aromatic heterocycles. The van der Waals surface area contributed by atoms with Gasteiger partial charge in [0.1, 0.15) is 24.3 Å². The van der Waals surface area contributed by atoms with Crippen LogP contribution in [-0.4, -0.2) is 61.8 Å². The number of rotatable bonds is 9. The van der Waals surface area contributed by atoms with E-state index in [9.17, 15) is 17.9 Å². The first-order valence-corrected chi connectivity index (χ1v) is 10.2. The zero-order chi connectivity index (χ0) is 17.6. The highest BCUT2D eigenvalue weighted by Crippen LogP contribution is 2.19. The van der Waals surface area contributed by atoms with Gasteiger partial charge in [-0.2, -0.15) is 0 Å². The summed E-state index contributed by atoms with van der Waals surface area (Å²) in [6.07, 6.45) is 1.87. The summed E-state index contributed by atoms with van der Waals surface area (Å²) < 4.78 is 41.7. The van der Waals surface area contributed by atoms with Crippen molar-refractivity contribution >= 4 is 9.84 Å².